The Labute approximate surface area is 126 Å². The largest absolute Gasteiger partial charge is 0.465 e. The van der Waals surface area contributed by atoms with Crippen molar-refractivity contribution in [3.63, 3.8) is 0 Å². The summed E-state index contributed by atoms with van der Waals surface area (Å²) in [4.78, 5) is 24.9. The first-order valence-corrected chi connectivity index (χ1v) is 7.74. The molecule has 0 N–H and O–H groups in total. The van der Waals surface area contributed by atoms with Gasteiger partial charge in [0.25, 0.3) is 0 Å². The zero-order valence-electron chi connectivity index (χ0n) is 12.9. The smallest absolute Gasteiger partial charge is 0.323 e. The second-order valence-electron chi connectivity index (χ2n) is 5.83. The van der Waals surface area contributed by atoms with E-state index >= 15 is 0 Å². The van der Waals surface area contributed by atoms with Gasteiger partial charge in [-0.25, -0.2) is 0 Å². The van der Waals surface area contributed by atoms with Gasteiger partial charge >= 0.3 is 11.9 Å². The van der Waals surface area contributed by atoms with Crippen molar-refractivity contribution in [2.24, 2.45) is 17.3 Å². The molecule has 21 heavy (non-hydrogen) atoms. The highest BCUT2D eigenvalue weighted by atomic mass is 16.6. The van der Waals surface area contributed by atoms with Crippen LogP contribution >= 0.6 is 0 Å². The minimum atomic E-state index is -1.16. The summed E-state index contributed by atoms with van der Waals surface area (Å²) in [5, 5.41) is 0. The van der Waals surface area contributed by atoms with Crippen molar-refractivity contribution in [1.29, 1.82) is 0 Å². The Balaban J connectivity index is 2.32. The van der Waals surface area contributed by atoms with E-state index in [1.807, 2.05) is 0 Å². The molecule has 116 valence electrons. The van der Waals surface area contributed by atoms with E-state index in [1.165, 1.54) is 0 Å². The van der Waals surface area contributed by atoms with Crippen LogP contribution in [-0.4, -0.2) is 25.2 Å². The lowest BCUT2D eigenvalue weighted by atomic mass is 9.83. The molecule has 4 nitrogen and oxygen atoms in total. The maximum atomic E-state index is 12.4. The average Bonchev–Trinajstić information content (AvgIpc) is 2.77. The van der Waals surface area contributed by atoms with Gasteiger partial charge in [-0.1, -0.05) is 24.3 Å². The summed E-state index contributed by atoms with van der Waals surface area (Å²) >= 11 is 0. The van der Waals surface area contributed by atoms with Gasteiger partial charge in [-0.05, 0) is 51.4 Å². The molecule has 0 amide bonds. The van der Waals surface area contributed by atoms with Gasteiger partial charge in [0.1, 0.15) is 0 Å². The molecule has 0 spiro atoms. The normalized spacial score (nSPS) is 26.9. The second-order valence-corrected chi connectivity index (χ2v) is 5.83. The van der Waals surface area contributed by atoms with Gasteiger partial charge in [-0.3, -0.25) is 9.59 Å². The summed E-state index contributed by atoms with van der Waals surface area (Å²) in [6, 6.07) is 0. The molecule has 2 aliphatic carbocycles. The van der Waals surface area contributed by atoms with E-state index in [9.17, 15) is 9.59 Å². The molecule has 0 unspecified atom stereocenters. The Morgan fingerprint density at radius 2 is 1.86 bits per heavy atom. The number of esters is 2. The summed E-state index contributed by atoms with van der Waals surface area (Å²) in [6.07, 6.45) is 7.08. The molecule has 1 saturated carbocycles. The van der Waals surface area contributed by atoms with Gasteiger partial charge in [0.2, 0.25) is 0 Å². The first-order valence-electron chi connectivity index (χ1n) is 7.74. The number of ether oxygens (including phenoxy) is 2. The van der Waals surface area contributed by atoms with Crippen LogP contribution in [-0.2, 0) is 19.1 Å². The summed E-state index contributed by atoms with van der Waals surface area (Å²) < 4.78 is 10.4. The van der Waals surface area contributed by atoms with E-state index < -0.39 is 17.4 Å². The van der Waals surface area contributed by atoms with Crippen LogP contribution < -0.4 is 0 Å². The number of hydrogen-bond acceptors (Lipinski definition) is 4. The molecule has 1 fully saturated rings. The van der Waals surface area contributed by atoms with E-state index in [0.29, 0.717) is 12.8 Å². The van der Waals surface area contributed by atoms with E-state index in [-0.39, 0.29) is 25.0 Å². The quantitative estimate of drug-likeness (QED) is 0.454. The predicted octanol–water partition coefficient (Wildman–Crippen LogP) is 3.03. The van der Waals surface area contributed by atoms with Gasteiger partial charge in [0, 0.05) is 0 Å². The van der Waals surface area contributed by atoms with E-state index in [0.717, 1.165) is 18.4 Å². The standard InChI is InChI=1S/C17H24O4/c1-4-20-15(18)17(16(19)21-5-2)10-13-9-7-6-8-12(3)14(13)11-17/h7,9,13-14H,3-6,8,10-11H2,1-2H3/t13-,14-/m1/s1. The SMILES string of the molecule is C=C1CCC=C[C@@H]2CC(C(=O)OCC)(C(=O)OCC)C[C@H]12. The number of rotatable bonds is 4. The van der Waals surface area contributed by atoms with E-state index in [4.69, 9.17) is 9.47 Å². The Kier molecular flexibility index (Phi) is 4.86. The fraction of sp³-hybridized carbons (Fsp3) is 0.647. The van der Waals surface area contributed by atoms with Crippen LogP contribution in [0.1, 0.15) is 39.5 Å². The lowest BCUT2D eigenvalue weighted by Gasteiger charge is -2.25. The zero-order valence-corrected chi connectivity index (χ0v) is 12.9. The highest BCUT2D eigenvalue weighted by molar-refractivity contribution is 6.00. The van der Waals surface area contributed by atoms with Crippen LogP contribution in [0.2, 0.25) is 0 Å². The summed E-state index contributed by atoms with van der Waals surface area (Å²) in [7, 11) is 0. The van der Waals surface area contributed by atoms with Gasteiger partial charge < -0.3 is 9.47 Å². The molecule has 0 aliphatic heterocycles. The molecule has 2 rings (SSSR count). The maximum Gasteiger partial charge on any atom is 0.323 e. The van der Waals surface area contributed by atoms with Crippen molar-refractivity contribution >= 4 is 11.9 Å². The minimum absolute atomic E-state index is 0.164. The lowest BCUT2D eigenvalue weighted by Crippen LogP contribution is -2.40. The monoisotopic (exact) mass is 292 g/mol. The van der Waals surface area contributed by atoms with Crippen LogP contribution in [0.5, 0.6) is 0 Å². The van der Waals surface area contributed by atoms with Gasteiger partial charge in [-0.2, -0.15) is 0 Å². The molecule has 0 saturated heterocycles. The number of hydrogen-bond donors (Lipinski definition) is 0. The molecule has 0 aromatic rings. The molecule has 0 radical (unpaired) electrons. The lowest BCUT2D eigenvalue weighted by molar-refractivity contribution is -0.171. The van der Waals surface area contributed by atoms with Gasteiger partial charge in [0.05, 0.1) is 13.2 Å². The van der Waals surface area contributed by atoms with Crippen LogP contribution in [0, 0.1) is 17.3 Å². The molecule has 0 bridgehead atoms. The Bertz CT molecular complexity index is 445. The third kappa shape index (κ3) is 2.89. The van der Waals surface area contributed by atoms with Crippen LogP contribution in [0.4, 0.5) is 0 Å². The molecule has 0 aromatic heterocycles. The number of allylic oxidation sites excluding steroid dienone is 3. The van der Waals surface area contributed by atoms with Gasteiger partial charge in [0.15, 0.2) is 5.41 Å². The van der Waals surface area contributed by atoms with Crippen molar-refractivity contribution in [1.82, 2.24) is 0 Å². The number of fused-ring (bicyclic) bond motifs is 1. The highest BCUT2D eigenvalue weighted by Crippen LogP contribution is 2.52. The van der Waals surface area contributed by atoms with E-state index in [1.54, 1.807) is 13.8 Å². The topological polar surface area (TPSA) is 52.6 Å². The van der Waals surface area contributed by atoms with Crippen LogP contribution in [0.3, 0.4) is 0 Å². The molecule has 4 heteroatoms. The molecule has 2 aliphatic rings. The van der Waals surface area contributed by atoms with Crippen molar-refractivity contribution in [2.45, 2.75) is 39.5 Å². The van der Waals surface area contributed by atoms with Gasteiger partial charge in [-0.15, -0.1) is 0 Å². The Hall–Kier alpha value is -1.58. The molecular weight excluding hydrogens is 268 g/mol. The fourth-order valence-electron chi connectivity index (χ4n) is 3.48. The van der Waals surface area contributed by atoms with Crippen molar-refractivity contribution in [2.75, 3.05) is 13.2 Å². The second kappa shape index (κ2) is 6.46. The first kappa shape index (κ1) is 15.8. The van der Waals surface area contributed by atoms with Crippen molar-refractivity contribution in [3.05, 3.63) is 24.3 Å². The molecule has 0 heterocycles. The first-order chi connectivity index (χ1) is 10.0. The van der Waals surface area contributed by atoms with Crippen LogP contribution in [0.25, 0.3) is 0 Å². The predicted molar refractivity (Wildman–Crippen MR) is 79.4 cm³/mol. The minimum Gasteiger partial charge on any atom is -0.465 e. The summed E-state index contributed by atoms with van der Waals surface area (Å²) in [5.74, 6) is -0.554. The Morgan fingerprint density at radius 1 is 1.24 bits per heavy atom. The summed E-state index contributed by atoms with van der Waals surface area (Å²) in [5.41, 5.74) is -0.0353. The highest BCUT2D eigenvalue weighted by Gasteiger charge is 2.57. The molecule has 0 aromatic carbocycles. The van der Waals surface area contributed by atoms with Crippen molar-refractivity contribution in [3.8, 4) is 0 Å². The number of carbonyl (C=O) groups is 2. The molecule has 2 atom stereocenters. The molecular formula is C17H24O4. The zero-order chi connectivity index (χ0) is 15.5. The number of carbonyl (C=O) groups excluding carboxylic acids is 2. The van der Waals surface area contributed by atoms with E-state index in [2.05, 4.69) is 18.7 Å². The van der Waals surface area contributed by atoms with Crippen LogP contribution in [0.15, 0.2) is 24.3 Å². The maximum absolute atomic E-state index is 12.4. The summed E-state index contributed by atoms with van der Waals surface area (Å²) in [6.45, 7) is 8.19. The fourth-order valence-corrected chi connectivity index (χ4v) is 3.48. The average molecular weight is 292 g/mol. The third-order valence-electron chi connectivity index (χ3n) is 4.54. The third-order valence-corrected chi connectivity index (χ3v) is 4.54. The van der Waals surface area contributed by atoms with Crippen molar-refractivity contribution < 1.29 is 19.1 Å². The Morgan fingerprint density at radius 3 is 2.43 bits per heavy atom.